The number of phenols is 1. The van der Waals surface area contributed by atoms with Gasteiger partial charge in [-0.2, -0.15) is 0 Å². The number of fused-ring (bicyclic) bond motifs is 1. The van der Waals surface area contributed by atoms with Gasteiger partial charge in [0.25, 0.3) is 0 Å². The van der Waals surface area contributed by atoms with Crippen molar-refractivity contribution in [3.05, 3.63) is 65.9 Å². The summed E-state index contributed by atoms with van der Waals surface area (Å²) < 4.78 is 5.39. The fourth-order valence-electron chi connectivity index (χ4n) is 3.04. The summed E-state index contributed by atoms with van der Waals surface area (Å²) in [6.45, 7) is 3.48. The van der Waals surface area contributed by atoms with Crippen molar-refractivity contribution in [2.24, 2.45) is 0 Å². The Kier molecular flexibility index (Phi) is 4.36. The molecule has 1 saturated heterocycles. The monoisotopic (exact) mass is 332 g/mol. The van der Waals surface area contributed by atoms with Crippen LogP contribution in [0.2, 0.25) is 0 Å². The lowest BCUT2D eigenvalue weighted by Gasteiger charge is -2.28. The number of hydrogen-bond donors (Lipinski definition) is 1. The number of pyridine rings is 1. The van der Waals surface area contributed by atoms with Gasteiger partial charge >= 0.3 is 0 Å². The van der Waals surface area contributed by atoms with Gasteiger partial charge in [0.15, 0.2) is 0 Å². The maximum Gasteiger partial charge on any atom is 0.141 e. The van der Waals surface area contributed by atoms with E-state index in [0.717, 1.165) is 42.9 Å². The Labute approximate surface area is 147 Å². The minimum Gasteiger partial charge on any atom is -0.506 e. The summed E-state index contributed by atoms with van der Waals surface area (Å²) in [5.74, 6) is 0.211. The van der Waals surface area contributed by atoms with Crippen LogP contribution in [-0.4, -0.2) is 36.4 Å². The fraction of sp³-hybridized carbons (Fsp3) is 0.190. The number of rotatable bonds is 3. The highest BCUT2D eigenvalue weighted by atomic mass is 16.5. The SMILES string of the molecule is Oc1cccc2ccc(/C=C/c3ccc(N4CCOCC4)cc3)nc12. The standard InChI is InChI=1S/C21H20N2O2/c24-20-3-1-2-17-7-9-18(22-21(17)20)8-4-16-5-10-19(11-6-16)23-12-14-25-15-13-23/h1-11,24H,12-15H2/b8-4+. The molecule has 0 radical (unpaired) electrons. The van der Waals surface area contributed by atoms with E-state index in [2.05, 4.69) is 34.1 Å². The first-order chi connectivity index (χ1) is 12.3. The molecule has 25 heavy (non-hydrogen) atoms. The van der Waals surface area contributed by atoms with Crippen LogP contribution in [0.15, 0.2) is 54.6 Å². The summed E-state index contributed by atoms with van der Waals surface area (Å²) in [4.78, 5) is 6.86. The topological polar surface area (TPSA) is 45.6 Å². The largest absolute Gasteiger partial charge is 0.506 e. The number of aromatic hydroxyl groups is 1. The molecule has 0 amide bonds. The highest BCUT2D eigenvalue weighted by Crippen LogP contribution is 2.23. The van der Waals surface area contributed by atoms with Crippen molar-refractivity contribution in [2.45, 2.75) is 0 Å². The first-order valence-electron chi connectivity index (χ1n) is 8.49. The van der Waals surface area contributed by atoms with Gasteiger partial charge in [-0.25, -0.2) is 4.98 Å². The minimum atomic E-state index is 0.211. The number of para-hydroxylation sites is 1. The van der Waals surface area contributed by atoms with E-state index < -0.39 is 0 Å². The van der Waals surface area contributed by atoms with Gasteiger partial charge in [-0.3, -0.25) is 0 Å². The van der Waals surface area contributed by atoms with Gasteiger partial charge in [-0.05, 0) is 35.9 Å². The molecule has 1 aliphatic heterocycles. The Bertz CT molecular complexity index is 897. The number of benzene rings is 2. The third-order valence-electron chi connectivity index (χ3n) is 4.44. The Morgan fingerprint density at radius 1 is 0.920 bits per heavy atom. The Balaban J connectivity index is 1.52. The molecule has 2 heterocycles. The number of anilines is 1. The number of nitrogens with zero attached hydrogens (tertiary/aromatic N) is 2. The molecule has 4 heteroatoms. The van der Waals surface area contributed by atoms with Gasteiger partial charge in [0.2, 0.25) is 0 Å². The highest BCUT2D eigenvalue weighted by Gasteiger charge is 2.10. The first kappa shape index (κ1) is 15.7. The zero-order chi connectivity index (χ0) is 17.1. The average Bonchev–Trinajstić information content (AvgIpc) is 2.68. The van der Waals surface area contributed by atoms with Gasteiger partial charge in [-0.1, -0.05) is 36.4 Å². The summed E-state index contributed by atoms with van der Waals surface area (Å²) in [6, 6.07) is 17.9. The molecule has 1 fully saturated rings. The number of phenolic OH excluding ortho intramolecular Hbond substituents is 1. The third-order valence-corrected chi connectivity index (χ3v) is 4.44. The van der Waals surface area contributed by atoms with E-state index >= 15 is 0 Å². The first-order valence-corrected chi connectivity index (χ1v) is 8.49. The van der Waals surface area contributed by atoms with Crippen LogP contribution in [0.5, 0.6) is 5.75 Å². The van der Waals surface area contributed by atoms with Crippen molar-refractivity contribution >= 4 is 28.7 Å². The summed E-state index contributed by atoms with van der Waals surface area (Å²) in [5, 5.41) is 10.9. The molecule has 1 aliphatic rings. The average molecular weight is 332 g/mol. The maximum absolute atomic E-state index is 9.94. The molecule has 0 unspecified atom stereocenters. The molecule has 0 atom stereocenters. The van der Waals surface area contributed by atoms with Gasteiger partial charge in [0.1, 0.15) is 11.3 Å². The minimum absolute atomic E-state index is 0.211. The third kappa shape index (κ3) is 3.49. The Morgan fingerprint density at radius 2 is 1.72 bits per heavy atom. The normalized spacial score (nSPS) is 15.1. The van der Waals surface area contributed by atoms with Crippen LogP contribution in [0.1, 0.15) is 11.3 Å². The molecule has 0 spiro atoms. The van der Waals surface area contributed by atoms with Crippen LogP contribution in [0.4, 0.5) is 5.69 Å². The van der Waals surface area contributed by atoms with Crippen molar-refractivity contribution < 1.29 is 9.84 Å². The predicted octanol–water partition coefficient (Wildman–Crippen LogP) is 3.95. The molecule has 3 aromatic rings. The van der Waals surface area contributed by atoms with E-state index in [9.17, 15) is 5.11 Å². The Morgan fingerprint density at radius 3 is 2.52 bits per heavy atom. The van der Waals surface area contributed by atoms with E-state index in [1.165, 1.54) is 5.69 Å². The molecule has 4 rings (SSSR count). The van der Waals surface area contributed by atoms with E-state index in [1.807, 2.05) is 36.4 Å². The van der Waals surface area contributed by atoms with Crippen molar-refractivity contribution in [3.8, 4) is 5.75 Å². The molecule has 0 aliphatic carbocycles. The molecule has 0 saturated carbocycles. The number of morpholine rings is 1. The van der Waals surface area contributed by atoms with Crippen molar-refractivity contribution in [3.63, 3.8) is 0 Å². The van der Waals surface area contributed by atoms with E-state index in [-0.39, 0.29) is 5.75 Å². The second-order valence-electron chi connectivity index (χ2n) is 6.11. The zero-order valence-electron chi connectivity index (χ0n) is 13.9. The predicted molar refractivity (Wildman–Crippen MR) is 102 cm³/mol. The molecule has 0 bridgehead atoms. The molecule has 126 valence electrons. The second kappa shape index (κ2) is 6.95. The van der Waals surface area contributed by atoms with Crippen LogP contribution >= 0.6 is 0 Å². The van der Waals surface area contributed by atoms with Gasteiger partial charge in [-0.15, -0.1) is 0 Å². The zero-order valence-corrected chi connectivity index (χ0v) is 13.9. The molecular formula is C21H20N2O2. The van der Waals surface area contributed by atoms with Crippen molar-refractivity contribution in [2.75, 3.05) is 31.2 Å². The lowest BCUT2D eigenvalue weighted by atomic mass is 10.1. The lowest BCUT2D eigenvalue weighted by Crippen LogP contribution is -2.36. The molecule has 2 aromatic carbocycles. The van der Waals surface area contributed by atoms with Crippen LogP contribution in [0.25, 0.3) is 23.1 Å². The highest BCUT2D eigenvalue weighted by molar-refractivity contribution is 5.85. The van der Waals surface area contributed by atoms with Crippen LogP contribution < -0.4 is 4.90 Å². The van der Waals surface area contributed by atoms with Crippen molar-refractivity contribution in [1.82, 2.24) is 4.98 Å². The molecule has 1 N–H and O–H groups in total. The van der Waals surface area contributed by atoms with Crippen LogP contribution in [-0.2, 0) is 4.74 Å². The van der Waals surface area contributed by atoms with E-state index in [1.54, 1.807) is 6.07 Å². The summed E-state index contributed by atoms with van der Waals surface area (Å²) in [5.41, 5.74) is 3.81. The van der Waals surface area contributed by atoms with Gasteiger partial charge in [0, 0.05) is 24.2 Å². The summed E-state index contributed by atoms with van der Waals surface area (Å²) in [7, 11) is 0. The molecule has 4 nitrogen and oxygen atoms in total. The van der Waals surface area contributed by atoms with Gasteiger partial charge in [0.05, 0.1) is 18.9 Å². The van der Waals surface area contributed by atoms with Crippen LogP contribution in [0.3, 0.4) is 0 Å². The number of ether oxygens (including phenoxy) is 1. The fourth-order valence-corrected chi connectivity index (χ4v) is 3.04. The van der Waals surface area contributed by atoms with E-state index in [4.69, 9.17) is 4.74 Å². The lowest BCUT2D eigenvalue weighted by molar-refractivity contribution is 0.122. The van der Waals surface area contributed by atoms with E-state index in [0.29, 0.717) is 5.52 Å². The second-order valence-corrected chi connectivity index (χ2v) is 6.11. The summed E-state index contributed by atoms with van der Waals surface area (Å²) in [6.07, 6.45) is 4.01. The van der Waals surface area contributed by atoms with Gasteiger partial charge < -0.3 is 14.7 Å². The number of hydrogen-bond acceptors (Lipinski definition) is 4. The number of aromatic nitrogens is 1. The van der Waals surface area contributed by atoms with Crippen molar-refractivity contribution in [1.29, 1.82) is 0 Å². The smallest absolute Gasteiger partial charge is 0.141 e. The quantitative estimate of drug-likeness (QED) is 0.789. The Hall–Kier alpha value is -2.85. The molecule has 1 aromatic heterocycles. The van der Waals surface area contributed by atoms with Crippen LogP contribution in [0, 0.1) is 0 Å². The molecular weight excluding hydrogens is 312 g/mol. The summed E-state index contributed by atoms with van der Waals surface area (Å²) >= 11 is 0. The maximum atomic E-state index is 9.94.